The predicted octanol–water partition coefficient (Wildman–Crippen LogP) is 3.50. The molecule has 2 aromatic carbocycles. The minimum Gasteiger partial charge on any atom is -0.379 e. The van der Waals surface area contributed by atoms with Gasteiger partial charge in [0.2, 0.25) is 5.82 Å². The van der Waals surface area contributed by atoms with E-state index in [1.54, 1.807) is 16.5 Å². The van der Waals surface area contributed by atoms with Crippen LogP contribution in [0.2, 0.25) is 5.02 Å². The number of imidazole rings is 1. The number of fused-ring (bicyclic) bond motifs is 3. The second-order valence-corrected chi connectivity index (χ2v) is 9.08. The lowest BCUT2D eigenvalue weighted by atomic mass is 10.1. The molecule has 3 aromatic heterocycles. The Morgan fingerprint density at radius 2 is 1.92 bits per heavy atom. The van der Waals surface area contributed by atoms with Crippen molar-refractivity contribution in [3.05, 3.63) is 69.2 Å². The monoisotopic (exact) mass is 537 g/mol. The SMILES string of the molecule is N#Cc1c(Cl)ccc2c1n(CCN1CCOCC1)c(=O)c1c(-c3noc(-c4ccc(F)cc4F)n3)ncn12. The first-order valence-electron chi connectivity index (χ1n) is 11.7. The van der Waals surface area contributed by atoms with Crippen molar-refractivity contribution in [2.45, 2.75) is 6.54 Å². The Morgan fingerprint density at radius 1 is 1.11 bits per heavy atom. The van der Waals surface area contributed by atoms with E-state index in [1.807, 2.05) is 0 Å². The Morgan fingerprint density at radius 3 is 2.68 bits per heavy atom. The van der Waals surface area contributed by atoms with Crippen LogP contribution in [-0.2, 0) is 11.3 Å². The molecule has 0 unspecified atom stereocenters. The van der Waals surface area contributed by atoms with E-state index < -0.39 is 17.2 Å². The number of aromatic nitrogens is 5. The van der Waals surface area contributed by atoms with E-state index in [0.717, 1.165) is 19.2 Å². The van der Waals surface area contributed by atoms with Crippen molar-refractivity contribution in [1.82, 2.24) is 29.0 Å². The molecule has 0 aliphatic carbocycles. The van der Waals surface area contributed by atoms with Crippen molar-refractivity contribution in [1.29, 1.82) is 5.26 Å². The molecule has 192 valence electrons. The van der Waals surface area contributed by atoms with Crippen LogP contribution >= 0.6 is 11.6 Å². The highest BCUT2D eigenvalue weighted by molar-refractivity contribution is 6.32. The summed E-state index contributed by atoms with van der Waals surface area (Å²) in [6.45, 7) is 3.49. The van der Waals surface area contributed by atoms with Crippen LogP contribution in [0.15, 0.2) is 46.0 Å². The van der Waals surface area contributed by atoms with E-state index in [9.17, 15) is 18.8 Å². The van der Waals surface area contributed by atoms with Crippen LogP contribution in [0.1, 0.15) is 5.56 Å². The van der Waals surface area contributed by atoms with Gasteiger partial charge in [-0.25, -0.2) is 13.8 Å². The standard InChI is InChI=1S/C25H18ClF2N7O3/c26-17-3-4-19-21(16(17)12-29)34(6-5-33-7-9-37-10-8-33)25(36)22-20(30-13-35(19)22)23-31-24(38-32-23)15-2-1-14(27)11-18(15)28/h1-4,11,13H,5-10H2. The van der Waals surface area contributed by atoms with Gasteiger partial charge in [0.05, 0.1) is 40.4 Å². The summed E-state index contributed by atoms with van der Waals surface area (Å²) in [6, 6.07) is 8.38. The average Bonchev–Trinajstić information content (AvgIpc) is 3.57. The van der Waals surface area contributed by atoms with Crippen LogP contribution in [-0.4, -0.2) is 61.8 Å². The number of ether oxygens (including phenoxy) is 1. The van der Waals surface area contributed by atoms with Crippen LogP contribution < -0.4 is 5.56 Å². The van der Waals surface area contributed by atoms with E-state index in [4.69, 9.17) is 20.9 Å². The molecule has 0 radical (unpaired) electrons. The maximum atomic E-state index is 14.3. The van der Waals surface area contributed by atoms with Gasteiger partial charge in [-0.2, -0.15) is 10.2 Å². The number of benzene rings is 2. The molecular weight excluding hydrogens is 520 g/mol. The molecule has 0 saturated carbocycles. The highest BCUT2D eigenvalue weighted by Crippen LogP contribution is 2.29. The maximum Gasteiger partial charge on any atom is 0.277 e. The number of hydrogen-bond donors (Lipinski definition) is 0. The second-order valence-electron chi connectivity index (χ2n) is 8.67. The first-order chi connectivity index (χ1) is 18.5. The van der Waals surface area contributed by atoms with Gasteiger partial charge in [0.25, 0.3) is 11.4 Å². The summed E-state index contributed by atoms with van der Waals surface area (Å²) < 4.78 is 41.3. The van der Waals surface area contributed by atoms with Crippen LogP contribution in [0.3, 0.4) is 0 Å². The second kappa shape index (κ2) is 9.60. The van der Waals surface area contributed by atoms with Gasteiger partial charge in [-0.15, -0.1) is 0 Å². The first kappa shape index (κ1) is 24.2. The highest BCUT2D eigenvalue weighted by Gasteiger charge is 2.24. The van der Waals surface area contributed by atoms with Crippen molar-refractivity contribution >= 4 is 28.2 Å². The number of hydrogen-bond acceptors (Lipinski definition) is 8. The fraction of sp³-hybridized carbons (Fsp3) is 0.240. The zero-order valence-electron chi connectivity index (χ0n) is 19.7. The van der Waals surface area contributed by atoms with Crippen molar-refractivity contribution in [2.75, 3.05) is 32.8 Å². The minimum absolute atomic E-state index is 0.0446. The largest absolute Gasteiger partial charge is 0.379 e. The van der Waals surface area contributed by atoms with Gasteiger partial charge in [0.1, 0.15) is 35.2 Å². The van der Waals surface area contributed by atoms with Crippen LogP contribution in [0.4, 0.5) is 8.78 Å². The van der Waals surface area contributed by atoms with E-state index in [0.29, 0.717) is 36.9 Å². The lowest BCUT2D eigenvalue weighted by Gasteiger charge is -2.27. The van der Waals surface area contributed by atoms with Gasteiger partial charge in [-0.05, 0) is 24.3 Å². The fourth-order valence-corrected chi connectivity index (χ4v) is 4.82. The number of morpholine rings is 1. The minimum atomic E-state index is -0.868. The number of nitrogens with zero attached hydrogens (tertiary/aromatic N) is 7. The Kier molecular flexibility index (Phi) is 6.11. The normalized spacial score (nSPS) is 14.4. The molecule has 1 aliphatic heterocycles. The molecule has 5 aromatic rings. The molecule has 1 saturated heterocycles. The van der Waals surface area contributed by atoms with Gasteiger partial charge in [-0.3, -0.25) is 14.1 Å². The third kappa shape index (κ3) is 4.01. The van der Waals surface area contributed by atoms with Crippen LogP contribution in [0.5, 0.6) is 0 Å². The maximum absolute atomic E-state index is 14.3. The molecule has 0 spiro atoms. The van der Waals surface area contributed by atoms with E-state index in [-0.39, 0.29) is 45.6 Å². The summed E-state index contributed by atoms with van der Waals surface area (Å²) in [5, 5.41) is 14.0. The van der Waals surface area contributed by atoms with Gasteiger partial charge < -0.3 is 13.8 Å². The number of nitriles is 1. The summed E-state index contributed by atoms with van der Waals surface area (Å²) in [6.07, 6.45) is 1.42. The molecule has 38 heavy (non-hydrogen) atoms. The van der Waals surface area contributed by atoms with Crippen molar-refractivity contribution in [2.24, 2.45) is 0 Å². The topological polar surface area (TPSA) is 114 Å². The van der Waals surface area contributed by atoms with E-state index in [2.05, 4.69) is 26.1 Å². The summed E-state index contributed by atoms with van der Waals surface area (Å²) in [5.74, 6) is -1.85. The number of rotatable bonds is 5. The Balaban J connectivity index is 1.52. The Hall–Kier alpha value is -4.18. The molecular formula is C25H18ClF2N7O3. The van der Waals surface area contributed by atoms with Gasteiger partial charge >= 0.3 is 0 Å². The quantitative estimate of drug-likeness (QED) is 0.335. The summed E-state index contributed by atoms with van der Waals surface area (Å²) in [7, 11) is 0. The Bertz CT molecular complexity index is 1800. The Labute approximate surface area is 218 Å². The van der Waals surface area contributed by atoms with Crippen LogP contribution in [0, 0.1) is 23.0 Å². The molecule has 0 N–H and O–H groups in total. The lowest BCUT2D eigenvalue weighted by Crippen LogP contribution is -2.39. The van der Waals surface area contributed by atoms with Crippen molar-refractivity contribution in [3.8, 4) is 29.0 Å². The third-order valence-corrected chi connectivity index (χ3v) is 6.82. The van der Waals surface area contributed by atoms with Gasteiger partial charge in [-0.1, -0.05) is 16.8 Å². The summed E-state index contributed by atoms with van der Waals surface area (Å²) in [4.78, 5) is 24.7. The summed E-state index contributed by atoms with van der Waals surface area (Å²) >= 11 is 6.34. The fourth-order valence-electron chi connectivity index (χ4n) is 4.63. The van der Waals surface area contributed by atoms with Crippen molar-refractivity contribution in [3.63, 3.8) is 0 Å². The van der Waals surface area contributed by atoms with Crippen molar-refractivity contribution < 1.29 is 18.0 Å². The smallest absolute Gasteiger partial charge is 0.277 e. The molecule has 0 atom stereocenters. The molecule has 13 heteroatoms. The zero-order chi connectivity index (χ0) is 26.4. The molecule has 6 rings (SSSR count). The molecule has 1 fully saturated rings. The molecule has 10 nitrogen and oxygen atoms in total. The molecule has 4 heterocycles. The predicted molar refractivity (Wildman–Crippen MR) is 133 cm³/mol. The van der Waals surface area contributed by atoms with Gasteiger partial charge in [0.15, 0.2) is 0 Å². The average molecular weight is 538 g/mol. The molecule has 0 amide bonds. The number of halogens is 3. The summed E-state index contributed by atoms with van der Waals surface area (Å²) in [5.41, 5.74) is 0.841. The highest BCUT2D eigenvalue weighted by atomic mass is 35.5. The lowest BCUT2D eigenvalue weighted by molar-refractivity contribution is 0.0364. The van der Waals surface area contributed by atoms with E-state index >= 15 is 0 Å². The first-order valence-corrected chi connectivity index (χ1v) is 12.1. The molecule has 1 aliphatic rings. The zero-order valence-corrected chi connectivity index (χ0v) is 20.5. The van der Waals surface area contributed by atoms with E-state index in [1.165, 1.54) is 17.0 Å². The van der Waals surface area contributed by atoms with Gasteiger partial charge in [0, 0.05) is 32.2 Å². The molecule has 0 bridgehead atoms. The van der Waals surface area contributed by atoms with Crippen LogP contribution in [0.25, 0.3) is 39.5 Å². The third-order valence-electron chi connectivity index (χ3n) is 6.51.